The Bertz CT molecular complexity index is 697. The molecule has 0 radical (unpaired) electrons. The third-order valence-electron chi connectivity index (χ3n) is 5.11. The molecule has 1 amide bonds. The first-order valence-corrected chi connectivity index (χ1v) is 7.73. The Kier molecular flexibility index (Phi) is 2.88. The van der Waals surface area contributed by atoms with E-state index in [1.165, 1.54) is 19.3 Å². The monoisotopic (exact) mass is 281 g/mol. The van der Waals surface area contributed by atoms with Crippen LogP contribution in [0.15, 0.2) is 36.4 Å². The number of carbonyl (C=O) groups is 1. The largest absolute Gasteiger partial charge is 0.507 e. The summed E-state index contributed by atoms with van der Waals surface area (Å²) in [4.78, 5) is 14.6. The van der Waals surface area contributed by atoms with Crippen molar-refractivity contribution in [3.8, 4) is 5.75 Å². The van der Waals surface area contributed by atoms with E-state index in [9.17, 15) is 9.90 Å². The summed E-state index contributed by atoms with van der Waals surface area (Å²) in [6, 6.07) is 11.3. The number of hydrogen-bond acceptors (Lipinski definition) is 2. The molecule has 108 valence electrons. The van der Waals surface area contributed by atoms with E-state index in [0.717, 1.165) is 23.9 Å². The van der Waals surface area contributed by atoms with Crippen molar-refractivity contribution in [1.82, 2.24) is 4.90 Å². The number of phenolic OH excluding ortho intramolecular Hbond substituents is 1. The Labute approximate surface area is 124 Å². The van der Waals surface area contributed by atoms with E-state index in [-0.39, 0.29) is 11.7 Å². The fraction of sp³-hybridized carbons (Fsp3) is 0.389. The second kappa shape index (κ2) is 4.76. The summed E-state index contributed by atoms with van der Waals surface area (Å²) in [6.07, 6.45) is 3.80. The van der Waals surface area contributed by atoms with E-state index in [1.807, 2.05) is 35.2 Å². The van der Waals surface area contributed by atoms with Crippen LogP contribution in [0.1, 0.15) is 29.6 Å². The van der Waals surface area contributed by atoms with Gasteiger partial charge < -0.3 is 10.0 Å². The minimum absolute atomic E-state index is 0.0207. The minimum atomic E-state index is -0.0207. The van der Waals surface area contributed by atoms with E-state index >= 15 is 0 Å². The topological polar surface area (TPSA) is 40.5 Å². The van der Waals surface area contributed by atoms with Gasteiger partial charge in [0.25, 0.3) is 5.91 Å². The molecule has 2 aromatic carbocycles. The van der Waals surface area contributed by atoms with Gasteiger partial charge >= 0.3 is 0 Å². The number of hydrogen-bond donors (Lipinski definition) is 1. The van der Waals surface area contributed by atoms with Crippen molar-refractivity contribution in [3.05, 3.63) is 42.0 Å². The Balaban J connectivity index is 1.66. The number of phenols is 1. The first-order chi connectivity index (χ1) is 10.2. The third kappa shape index (κ3) is 2.08. The lowest BCUT2D eigenvalue weighted by Crippen LogP contribution is -2.29. The van der Waals surface area contributed by atoms with Crippen molar-refractivity contribution in [2.75, 3.05) is 13.1 Å². The van der Waals surface area contributed by atoms with Crippen LogP contribution in [-0.2, 0) is 0 Å². The zero-order valence-corrected chi connectivity index (χ0v) is 12.0. The molecule has 1 aliphatic carbocycles. The van der Waals surface area contributed by atoms with Crippen LogP contribution in [0.2, 0.25) is 0 Å². The van der Waals surface area contributed by atoms with Crippen molar-refractivity contribution in [2.45, 2.75) is 19.3 Å². The van der Waals surface area contributed by atoms with Crippen LogP contribution in [0.5, 0.6) is 5.75 Å². The molecule has 3 heteroatoms. The van der Waals surface area contributed by atoms with Gasteiger partial charge in [0.05, 0.1) is 5.56 Å². The molecule has 0 spiro atoms. The highest BCUT2D eigenvalue weighted by molar-refractivity contribution is 6.01. The van der Waals surface area contributed by atoms with Crippen molar-refractivity contribution < 1.29 is 9.90 Å². The van der Waals surface area contributed by atoms with Crippen molar-refractivity contribution in [3.63, 3.8) is 0 Å². The molecule has 21 heavy (non-hydrogen) atoms. The molecule has 2 aromatic rings. The minimum Gasteiger partial charge on any atom is -0.507 e. The Morgan fingerprint density at radius 1 is 1.05 bits per heavy atom. The fourth-order valence-electron chi connectivity index (χ4n) is 3.97. The third-order valence-corrected chi connectivity index (χ3v) is 5.11. The maximum Gasteiger partial charge on any atom is 0.257 e. The summed E-state index contributed by atoms with van der Waals surface area (Å²) < 4.78 is 0. The van der Waals surface area contributed by atoms with Gasteiger partial charge in [0.2, 0.25) is 0 Å². The van der Waals surface area contributed by atoms with Gasteiger partial charge in [0, 0.05) is 13.1 Å². The first kappa shape index (κ1) is 12.7. The highest BCUT2D eigenvalue weighted by Crippen LogP contribution is 2.38. The number of benzene rings is 2. The van der Waals surface area contributed by atoms with Crippen LogP contribution in [-0.4, -0.2) is 29.0 Å². The number of amides is 1. The normalized spacial score (nSPS) is 24.5. The molecular weight excluding hydrogens is 262 g/mol. The summed E-state index contributed by atoms with van der Waals surface area (Å²) >= 11 is 0. The fourth-order valence-corrected chi connectivity index (χ4v) is 3.97. The molecule has 1 N–H and O–H groups in total. The van der Waals surface area contributed by atoms with Gasteiger partial charge in [-0.2, -0.15) is 0 Å². The van der Waals surface area contributed by atoms with Crippen molar-refractivity contribution >= 4 is 16.7 Å². The number of aromatic hydroxyl groups is 1. The smallest absolute Gasteiger partial charge is 0.257 e. The summed E-state index contributed by atoms with van der Waals surface area (Å²) in [7, 11) is 0. The maximum absolute atomic E-state index is 12.7. The molecule has 1 heterocycles. The predicted octanol–water partition coefficient (Wildman–Crippen LogP) is 3.42. The molecule has 2 fully saturated rings. The summed E-state index contributed by atoms with van der Waals surface area (Å²) in [5.74, 6) is 1.43. The standard InChI is InChI=1S/C18H19NO2/c20-17-9-13-5-2-1-4-12(13)8-16(17)18(21)19-10-14-6-3-7-15(14)11-19/h1-2,4-5,8-9,14-15,20H,3,6-7,10-11H2. The average molecular weight is 281 g/mol. The lowest BCUT2D eigenvalue weighted by atomic mass is 10.0. The Morgan fingerprint density at radius 2 is 1.67 bits per heavy atom. The molecule has 4 rings (SSSR count). The van der Waals surface area contributed by atoms with E-state index in [0.29, 0.717) is 17.4 Å². The Morgan fingerprint density at radius 3 is 2.33 bits per heavy atom. The van der Waals surface area contributed by atoms with Gasteiger partial charge in [0.1, 0.15) is 5.75 Å². The molecule has 2 aliphatic rings. The van der Waals surface area contributed by atoms with Crippen LogP contribution < -0.4 is 0 Å². The lowest BCUT2D eigenvalue weighted by Gasteiger charge is -2.18. The molecule has 1 saturated heterocycles. The zero-order chi connectivity index (χ0) is 14.4. The van der Waals surface area contributed by atoms with Gasteiger partial charge in [-0.3, -0.25) is 4.79 Å². The quantitative estimate of drug-likeness (QED) is 0.870. The summed E-state index contributed by atoms with van der Waals surface area (Å²) in [5.41, 5.74) is 0.439. The van der Waals surface area contributed by atoms with E-state index in [2.05, 4.69) is 0 Å². The number of carbonyl (C=O) groups excluding carboxylic acids is 1. The van der Waals surface area contributed by atoms with Crippen molar-refractivity contribution in [1.29, 1.82) is 0 Å². The molecule has 2 atom stereocenters. The van der Waals surface area contributed by atoms with E-state index in [1.54, 1.807) is 6.07 Å². The van der Waals surface area contributed by atoms with Gasteiger partial charge in [-0.25, -0.2) is 0 Å². The SMILES string of the molecule is O=C(c1cc2ccccc2cc1O)N1CC2CCCC2C1. The number of nitrogens with zero attached hydrogens (tertiary/aromatic N) is 1. The number of rotatable bonds is 1. The van der Waals surface area contributed by atoms with Gasteiger partial charge in [0.15, 0.2) is 0 Å². The molecular formula is C18H19NO2. The highest BCUT2D eigenvalue weighted by Gasteiger charge is 2.38. The number of likely N-dealkylation sites (tertiary alicyclic amines) is 1. The Hall–Kier alpha value is -2.03. The van der Waals surface area contributed by atoms with Crippen LogP contribution in [0.3, 0.4) is 0 Å². The second-order valence-corrected chi connectivity index (χ2v) is 6.38. The van der Waals surface area contributed by atoms with Crippen molar-refractivity contribution in [2.24, 2.45) is 11.8 Å². The van der Waals surface area contributed by atoms with Gasteiger partial charge in [-0.05, 0) is 47.6 Å². The predicted molar refractivity (Wildman–Crippen MR) is 82.3 cm³/mol. The van der Waals surface area contributed by atoms with Crippen LogP contribution in [0.25, 0.3) is 10.8 Å². The van der Waals surface area contributed by atoms with Gasteiger partial charge in [-0.15, -0.1) is 0 Å². The van der Waals surface area contributed by atoms with E-state index < -0.39 is 0 Å². The lowest BCUT2D eigenvalue weighted by molar-refractivity contribution is 0.0778. The van der Waals surface area contributed by atoms with Gasteiger partial charge in [-0.1, -0.05) is 30.7 Å². The van der Waals surface area contributed by atoms with Crippen LogP contribution in [0, 0.1) is 11.8 Å². The zero-order valence-electron chi connectivity index (χ0n) is 12.0. The van der Waals surface area contributed by atoms with Crippen LogP contribution >= 0.6 is 0 Å². The summed E-state index contributed by atoms with van der Waals surface area (Å²) in [6.45, 7) is 1.71. The molecule has 1 aliphatic heterocycles. The average Bonchev–Trinajstić information content (AvgIpc) is 3.07. The molecule has 2 unspecified atom stereocenters. The maximum atomic E-state index is 12.7. The highest BCUT2D eigenvalue weighted by atomic mass is 16.3. The second-order valence-electron chi connectivity index (χ2n) is 6.38. The van der Waals surface area contributed by atoms with Crippen LogP contribution in [0.4, 0.5) is 0 Å². The molecule has 0 aromatic heterocycles. The molecule has 1 saturated carbocycles. The molecule has 3 nitrogen and oxygen atoms in total. The first-order valence-electron chi connectivity index (χ1n) is 7.73. The molecule has 0 bridgehead atoms. The summed E-state index contributed by atoms with van der Waals surface area (Å²) in [5, 5.41) is 12.2. The number of fused-ring (bicyclic) bond motifs is 2. The van der Waals surface area contributed by atoms with E-state index in [4.69, 9.17) is 0 Å².